The number of hydrogen-bond acceptors (Lipinski definition) is 4. The minimum Gasteiger partial charge on any atom is -0.496 e. The maximum Gasteiger partial charge on any atom is 0.189 e. The van der Waals surface area contributed by atoms with Crippen LogP contribution in [-0.4, -0.2) is 22.7 Å². The van der Waals surface area contributed by atoms with Crippen LogP contribution in [0.1, 0.15) is 44.0 Å². The summed E-state index contributed by atoms with van der Waals surface area (Å²) in [6.07, 6.45) is 4.21. The van der Waals surface area contributed by atoms with Gasteiger partial charge in [-0.25, -0.2) is 0 Å². The number of aromatic nitrogens is 2. The number of ketones is 1. The van der Waals surface area contributed by atoms with Crippen LogP contribution in [0.4, 0.5) is 0 Å². The minimum atomic E-state index is -0.0587. The zero-order valence-electron chi connectivity index (χ0n) is 20.6. The smallest absolute Gasteiger partial charge is 0.189 e. The highest BCUT2D eigenvalue weighted by molar-refractivity contribution is 6.08. The van der Waals surface area contributed by atoms with Crippen molar-refractivity contribution in [2.75, 3.05) is 7.11 Å². The molecule has 1 heterocycles. The van der Waals surface area contributed by atoms with Crippen molar-refractivity contribution in [2.45, 2.75) is 26.9 Å². The first-order chi connectivity index (χ1) is 17.0. The Kier molecular flexibility index (Phi) is 7.46. The third kappa shape index (κ3) is 5.69. The van der Waals surface area contributed by atoms with Crippen molar-refractivity contribution in [3.05, 3.63) is 118 Å². The Labute approximate surface area is 206 Å². The highest BCUT2D eigenvalue weighted by Gasteiger charge is 2.15. The number of aryl methyl sites for hydroxylation is 2. The number of benzene rings is 3. The fourth-order valence-corrected chi connectivity index (χ4v) is 4.16. The topological polar surface area (TPSA) is 53.3 Å². The summed E-state index contributed by atoms with van der Waals surface area (Å²) in [4.78, 5) is 12.8. The summed E-state index contributed by atoms with van der Waals surface area (Å²) in [5, 5.41) is 4.34. The maximum absolute atomic E-state index is 12.8. The van der Waals surface area contributed by atoms with Gasteiger partial charge in [0, 0.05) is 24.7 Å². The molecule has 0 fully saturated rings. The van der Waals surface area contributed by atoms with Crippen LogP contribution in [0.15, 0.2) is 78.9 Å². The second-order valence-electron chi connectivity index (χ2n) is 8.50. The zero-order chi connectivity index (χ0) is 24.8. The van der Waals surface area contributed by atoms with Gasteiger partial charge in [0.1, 0.15) is 18.1 Å². The number of ether oxygens (including phenoxy) is 2. The molecule has 4 aromatic rings. The molecule has 0 radical (unpaired) electrons. The van der Waals surface area contributed by atoms with Gasteiger partial charge in [0.15, 0.2) is 5.78 Å². The van der Waals surface area contributed by atoms with E-state index in [1.165, 1.54) is 5.56 Å². The van der Waals surface area contributed by atoms with Crippen molar-refractivity contribution in [1.82, 2.24) is 9.78 Å². The molecule has 5 heteroatoms. The molecule has 178 valence electrons. The van der Waals surface area contributed by atoms with Crippen LogP contribution in [0, 0.1) is 13.8 Å². The number of methoxy groups -OCH3 is 1. The van der Waals surface area contributed by atoms with E-state index in [1.807, 2.05) is 81.6 Å². The standard InChI is InChI=1S/C30H30N2O3/c1-21-30(22(2)32(3)31-21)27(33)16-14-24-15-17-28(34-4)26(19-24)20-35-29-13-9-8-12-25(29)18-23-10-6-5-7-11-23/h5-17,19H,18,20H2,1-4H3/b16-14+. The van der Waals surface area contributed by atoms with Crippen molar-refractivity contribution in [3.63, 3.8) is 0 Å². The van der Waals surface area contributed by atoms with Crippen LogP contribution in [0.5, 0.6) is 11.5 Å². The molecule has 3 aromatic carbocycles. The Balaban J connectivity index is 1.51. The summed E-state index contributed by atoms with van der Waals surface area (Å²) in [5.41, 5.74) is 6.40. The van der Waals surface area contributed by atoms with E-state index in [9.17, 15) is 4.79 Å². The van der Waals surface area contributed by atoms with Gasteiger partial charge in [0.2, 0.25) is 0 Å². The highest BCUT2D eigenvalue weighted by atomic mass is 16.5. The van der Waals surface area contributed by atoms with Crippen molar-refractivity contribution >= 4 is 11.9 Å². The summed E-state index contributed by atoms with van der Waals surface area (Å²) >= 11 is 0. The Morgan fingerprint density at radius 2 is 1.69 bits per heavy atom. The molecule has 0 saturated heterocycles. The van der Waals surface area contributed by atoms with Gasteiger partial charge in [0.05, 0.1) is 18.4 Å². The molecule has 0 N–H and O–H groups in total. The number of nitrogens with zero attached hydrogens (tertiary/aromatic N) is 2. The molecule has 0 saturated carbocycles. The molecular formula is C30H30N2O3. The first-order valence-electron chi connectivity index (χ1n) is 11.6. The fraction of sp³-hybridized carbons (Fsp3) is 0.200. The van der Waals surface area contributed by atoms with E-state index in [0.29, 0.717) is 12.2 Å². The molecule has 0 spiro atoms. The molecule has 4 rings (SSSR count). The number of hydrogen-bond donors (Lipinski definition) is 0. The SMILES string of the molecule is COc1ccc(/C=C/C(=O)c2c(C)nn(C)c2C)cc1COc1ccccc1Cc1ccccc1. The largest absolute Gasteiger partial charge is 0.496 e. The fourth-order valence-electron chi connectivity index (χ4n) is 4.16. The second-order valence-corrected chi connectivity index (χ2v) is 8.50. The molecular weight excluding hydrogens is 436 g/mol. The van der Waals surface area contributed by atoms with Crippen molar-refractivity contribution < 1.29 is 14.3 Å². The van der Waals surface area contributed by atoms with Crippen LogP contribution in [0.3, 0.4) is 0 Å². The monoisotopic (exact) mass is 466 g/mol. The Morgan fingerprint density at radius 3 is 2.40 bits per heavy atom. The van der Waals surface area contributed by atoms with E-state index >= 15 is 0 Å². The molecule has 0 atom stereocenters. The summed E-state index contributed by atoms with van der Waals surface area (Å²) in [5.74, 6) is 1.53. The first-order valence-corrected chi connectivity index (χ1v) is 11.6. The summed E-state index contributed by atoms with van der Waals surface area (Å²) in [7, 11) is 3.49. The number of carbonyl (C=O) groups excluding carboxylic acids is 1. The number of para-hydroxylation sites is 1. The average Bonchev–Trinajstić information content (AvgIpc) is 3.13. The van der Waals surface area contributed by atoms with Gasteiger partial charge < -0.3 is 9.47 Å². The van der Waals surface area contributed by atoms with E-state index in [0.717, 1.165) is 46.0 Å². The molecule has 0 bridgehead atoms. The summed E-state index contributed by atoms with van der Waals surface area (Å²) in [6, 6.07) is 24.3. The number of allylic oxidation sites excluding steroid dienone is 1. The average molecular weight is 467 g/mol. The van der Waals surface area contributed by atoms with Crippen LogP contribution in [-0.2, 0) is 20.1 Å². The molecule has 0 aliphatic rings. The van der Waals surface area contributed by atoms with E-state index in [1.54, 1.807) is 17.9 Å². The van der Waals surface area contributed by atoms with Crippen LogP contribution < -0.4 is 9.47 Å². The lowest BCUT2D eigenvalue weighted by molar-refractivity contribution is 0.104. The van der Waals surface area contributed by atoms with Crippen LogP contribution >= 0.6 is 0 Å². The van der Waals surface area contributed by atoms with Gasteiger partial charge in [-0.1, -0.05) is 60.7 Å². The van der Waals surface area contributed by atoms with Gasteiger partial charge >= 0.3 is 0 Å². The maximum atomic E-state index is 12.8. The lowest BCUT2D eigenvalue weighted by atomic mass is 10.0. The quantitative estimate of drug-likeness (QED) is 0.221. The molecule has 0 unspecified atom stereocenters. The first kappa shape index (κ1) is 24.0. The third-order valence-corrected chi connectivity index (χ3v) is 6.08. The molecule has 0 aliphatic carbocycles. The van der Waals surface area contributed by atoms with Crippen LogP contribution in [0.25, 0.3) is 6.08 Å². The Bertz CT molecular complexity index is 1350. The molecule has 0 aliphatic heterocycles. The van der Waals surface area contributed by atoms with Crippen molar-refractivity contribution in [2.24, 2.45) is 7.05 Å². The summed E-state index contributed by atoms with van der Waals surface area (Å²) in [6.45, 7) is 4.11. The van der Waals surface area contributed by atoms with E-state index in [4.69, 9.17) is 9.47 Å². The second kappa shape index (κ2) is 10.9. The van der Waals surface area contributed by atoms with Gasteiger partial charge in [-0.3, -0.25) is 9.48 Å². The molecule has 5 nitrogen and oxygen atoms in total. The zero-order valence-corrected chi connectivity index (χ0v) is 20.6. The van der Waals surface area contributed by atoms with Gasteiger partial charge in [0.25, 0.3) is 0 Å². The Hall–Kier alpha value is -4.12. The predicted octanol–water partition coefficient (Wildman–Crippen LogP) is 6.11. The van der Waals surface area contributed by atoms with E-state index in [2.05, 4.69) is 23.3 Å². The third-order valence-electron chi connectivity index (χ3n) is 6.08. The van der Waals surface area contributed by atoms with Crippen molar-refractivity contribution in [3.8, 4) is 11.5 Å². The minimum absolute atomic E-state index is 0.0587. The number of carbonyl (C=O) groups is 1. The predicted molar refractivity (Wildman–Crippen MR) is 139 cm³/mol. The number of rotatable bonds is 9. The van der Waals surface area contributed by atoms with Crippen molar-refractivity contribution in [1.29, 1.82) is 0 Å². The lowest BCUT2D eigenvalue weighted by Gasteiger charge is -2.14. The van der Waals surface area contributed by atoms with E-state index < -0.39 is 0 Å². The van der Waals surface area contributed by atoms with Gasteiger partial charge in [-0.05, 0) is 54.8 Å². The van der Waals surface area contributed by atoms with Gasteiger partial charge in [-0.15, -0.1) is 0 Å². The highest BCUT2D eigenvalue weighted by Crippen LogP contribution is 2.26. The normalized spacial score (nSPS) is 11.1. The lowest BCUT2D eigenvalue weighted by Crippen LogP contribution is -2.02. The molecule has 1 aromatic heterocycles. The Morgan fingerprint density at radius 1 is 0.943 bits per heavy atom. The van der Waals surface area contributed by atoms with Gasteiger partial charge in [-0.2, -0.15) is 5.10 Å². The summed E-state index contributed by atoms with van der Waals surface area (Å²) < 4.78 is 13.5. The molecule has 35 heavy (non-hydrogen) atoms. The van der Waals surface area contributed by atoms with Crippen LogP contribution in [0.2, 0.25) is 0 Å². The molecule has 0 amide bonds. The van der Waals surface area contributed by atoms with E-state index in [-0.39, 0.29) is 5.78 Å².